The average molecular weight is 289 g/mol. The molecule has 0 atom stereocenters. The van der Waals surface area contributed by atoms with Crippen LogP contribution in [0.2, 0.25) is 0 Å². The first kappa shape index (κ1) is 15.5. The van der Waals surface area contributed by atoms with Crippen molar-refractivity contribution in [3.63, 3.8) is 0 Å². The van der Waals surface area contributed by atoms with Crippen LogP contribution in [0, 0.1) is 5.92 Å². The van der Waals surface area contributed by atoms with E-state index >= 15 is 0 Å². The second-order valence-electron chi connectivity index (χ2n) is 5.53. The van der Waals surface area contributed by atoms with E-state index < -0.39 is 0 Å². The van der Waals surface area contributed by atoms with Crippen molar-refractivity contribution in [2.75, 3.05) is 13.1 Å². The molecule has 0 bridgehead atoms. The van der Waals surface area contributed by atoms with Crippen LogP contribution >= 0.6 is 0 Å². The second-order valence-corrected chi connectivity index (χ2v) is 5.53. The molecule has 2 N–H and O–H groups in total. The Morgan fingerprint density at radius 1 is 1.10 bits per heavy atom. The Balaban J connectivity index is 1.58. The topological polar surface area (TPSA) is 71.1 Å². The molecule has 0 unspecified atom stereocenters. The van der Waals surface area contributed by atoms with Gasteiger partial charge in [0, 0.05) is 25.7 Å². The molecule has 5 nitrogen and oxygen atoms in total. The molecule has 0 aromatic carbocycles. The summed E-state index contributed by atoms with van der Waals surface area (Å²) in [6, 6.07) is 5.20. The summed E-state index contributed by atoms with van der Waals surface area (Å²) >= 11 is 0. The van der Waals surface area contributed by atoms with Gasteiger partial charge in [-0.15, -0.1) is 0 Å². The molecule has 1 aromatic rings. The minimum Gasteiger partial charge on any atom is -0.354 e. The molecule has 1 aliphatic rings. The lowest BCUT2D eigenvalue weighted by Crippen LogP contribution is -2.35. The SMILES string of the molecule is O=C(CC1CCCCC1)NCCNC(=O)c1ccccn1. The Kier molecular flexibility index (Phi) is 6.19. The van der Waals surface area contributed by atoms with Crippen LogP contribution in [0.3, 0.4) is 0 Å². The minimum absolute atomic E-state index is 0.0917. The van der Waals surface area contributed by atoms with Crippen molar-refractivity contribution >= 4 is 11.8 Å². The highest BCUT2D eigenvalue weighted by Crippen LogP contribution is 2.25. The Morgan fingerprint density at radius 3 is 2.57 bits per heavy atom. The van der Waals surface area contributed by atoms with Crippen molar-refractivity contribution in [1.82, 2.24) is 15.6 Å². The Morgan fingerprint density at radius 2 is 1.86 bits per heavy atom. The molecule has 1 saturated carbocycles. The molecular formula is C16H23N3O2. The van der Waals surface area contributed by atoms with Crippen molar-refractivity contribution in [2.24, 2.45) is 5.92 Å². The Hall–Kier alpha value is -1.91. The summed E-state index contributed by atoms with van der Waals surface area (Å²) in [7, 11) is 0. The van der Waals surface area contributed by atoms with E-state index in [9.17, 15) is 9.59 Å². The fourth-order valence-corrected chi connectivity index (χ4v) is 2.69. The zero-order valence-corrected chi connectivity index (χ0v) is 12.3. The van der Waals surface area contributed by atoms with E-state index in [2.05, 4.69) is 15.6 Å². The van der Waals surface area contributed by atoms with Crippen molar-refractivity contribution in [2.45, 2.75) is 38.5 Å². The van der Waals surface area contributed by atoms with Crippen LogP contribution in [0.5, 0.6) is 0 Å². The number of rotatable bonds is 6. The molecule has 1 heterocycles. The van der Waals surface area contributed by atoms with Crippen LogP contribution in [0.25, 0.3) is 0 Å². The van der Waals surface area contributed by atoms with Gasteiger partial charge in [0.25, 0.3) is 5.91 Å². The third kappa shape index (κ3) is 5.53. The zero-order valence-electron chi connectivity index (χ0n) is 12.3. The maximum Gasteiger partial charge on any atom is 0.269 e. The monoisotopic (exact) mass is 289 g/mol. The smallest absolute Gasteiger partial charge is 0.269 e. The lowest BCUT2D eigenvalue weighted by molar-refractivity contribution is -0.122. The average Bonchev–Trinajstić information content (AvgIpc) is 2.53. The van der Waals surface area contributed by atoms with Gasteiger partial charge in [-0.05, 0) is 30.9 Å². The van der Waals surface area contributed by atoms with E-state index in [4.69, 9.17) is 0 Å². The number of carbonyl (C=O) groups is 2. The van der Waals surface area contributed by atoms with E-state index in [1.54, 1.807) is 24.4 Å². The summed E-state index contributed by atoms with van der Waals surface area (Å²) < 4.78 is 0. The number of pyridine rings is 1. The van der Waals surface area contributed by atoms with Gasteiger partial charge < -0.3 is 10.6 Å². The largest absolute Gasteiger partial charge is 0.354 e. The van der Waals surface area contributed by atoms with Crippen LogP contribution in [0.1, 0.15) is 49.0 Å². The number of hydrogen-bond acceptors (Lipinski definition) is 3. The quantitative estimate of drug-likeness (QED) is 0.786. The first-order valence-electron chi connectivity index (χ1n) is 7.71. The molecule has 0 aliphatic heterocycles. The minimum atomic E-state index is -0.211. The van der Waals surface area contributed by atoms with Gasteiger partial charge in [0.2, 0.25) is 5.91 Å². The van der Waals surface area contributed by atoms with Gasteiger partial charge in [-0.1, -0.05) is 25.3 Å². The first-order valence-corrected chi connectivity index (χ1v) is 7.71. The van der Waals surface area contributed by atoms with E-state index in [0.29, 0.717) is 31.1 Å². The number of amides is 2. The number of nitrogens with zero attached hydrogens (tertiary/aromatic N) is 1. The van der Waals surface area contributed by atoms with Gasteiger partial charge in [0.1, 0.15) is 5.69 Å². The van der Waals surface area contributed by atoms with E-state index in [1.807, 2.05) is 0 Å². The fourth-order valence-electron chi connectivity index (χ4n) is 2.69. The molecule has 2 rings (SSSR count). The van der Waals surface area contributed by atoms with Gasteiger partial charge in [0.05, 0.1) is 0 Å². The highest BCUT2D eigenvalue weighted by Gasteiger charge is 2.16. The summed E-state index contributed by atoms with van der Waals surface area (Å²) in [5, 5.41) is 5.60. The highest BCUT2D eigenvalue weighted by atomic mass is 16.2. The predicted molar refractivity (Wildman–Crippen MR) is 80.8 cm³/mol. The second kappa shape index (κ2) is 8.39. The molecule has 1 aliphatic carbocycles. The van der Waals surface area contributed by atoms with Crippen molar-refractivity contribution in [3.8, 4) is 0 Å². The number of nitrogens with one attached hydrogen (secondary N) is 2. The lowest BCUT2D eigenvalue weighted by Gasteiger charge is -2.20. The zero-order chi connectivity index (χ0) is 14.9. The summed E-state index contributed by atoms with van der Waals surface area (Å²) in [5.41, 5.74) is 0.394. The number of aromatic nitrogens is 1. The van der Waals surface area contributed by atoms with Crippen molar-refractivity contribution < 1.29 is 9.59 Å². The standard InChI is InChI=1S/C16H23N3O2/c20-15(12-13-6-2-1-3-7-13)18-10-11-19-16(21)14-8-4-5-9-17-14/h4-5,8-9,13H,1-3,6-7,10-12H2,(H,18,20)(H,19,21). The Bertz CT molecular complexity index is 456. The van der Waals surface area contributed by atoms with Gasteiger partial charge in [-0.3, -0.25) is 14.6 Å². The molecular weight excluding hydrogens is 266 g/mol. The van der Waals surface area contributed by atoms with Crippen LogP contribution in [0.4, 0.5) is 0 Å². The van der Waals surface area contributed by atoms with Crippen LogP contribution in [-0.2, 0) is 4.79 Å². The van der Waals surface area contributed by atoms with Crippen LogP contribution < -0.4 is 10.6 Å². The van der Waals surface area contributed by atoms with Crippen LogP contribution in [-0.4, -0.2) is 29.9 Å². The predicted octanol–water partition coefficient (Wildman–Crippen LogP) is 1.90. The van der Waals surface area contributed by atoms with E-state index in [0.717, 1.165) is 0 Å². The van der Waals surface area contributed by atoms with Gasteiger partial charge in [0.15, 0.2) is 0 Å². The summed E-state index contributed by atoms with van der Waals surface area (Å²) in [5.74, 6) is 0.424. The fraction of sp³-hybridized carbons (Fsp3) is 0.562. The summed E-state index contributed by atoms with van der Waals surface area (Å²) in [4.78, 5) is 27.5. The molecule has 0 radical (unpaired) electrons. The third-order valence-electron chi connectivity index (χ3n) is 3.83. The molecule has 1 aromatic heterocycles. The van der Waals surface area contributed by atoms with E-state index in [1.165, 1.54) is 32.1 Å². The lowest BCUT2D eigenvalue weighted by atomic mass is 9.87. The number of hydrogen-bond donors (Lipinski definition) is 2. The maximum absolute atomic E-state index is 11.8. The molecule has 2 amide bonds. The van der Waals surface area contributed by atoms with Gasteiger partial charge >= 0.3 is 0 Å². The summed E-state index contributed by atoms with van der Waals surface area (Å²) in [6.07, 6.45) is 8.34. The van der Waals surface area contributed by atoms with E-state index in [-0.39, 0.29) is 11.8 Å². The van der Waals surface area contributed by atoms with Crippen molar-refractivity contribution in [3.05, 3.63) is 30.1 Å². The maximum atomic E-state index is 11.8. The molecule has 114 valence electrons. The molecule has 0 saturated heterocycles. The molecule has 5 heteroatoms. The molecule has 0 spiro atoms. The summed E-state index contributed by atoms with van der Waals surface area (Å²) in [6.45, 7) is 0.885. The number of carbonyl (C=O) groups excluding carboxylic acids is 2. The first-order chi connectivity index (χ1) is 10.3. The normalized spacial score (nSPS) is 15.4. The highest BCUT2D eigenvalue weighted by molar-refractivity contribution is 5.92. The third-order valence-corrected chi connectivity index (χ3v) is 3.83. The van der Waals surface area contributed by atoms with Gasteiger partial charge in [-0.25, -0.2) is 0 Å². The molecule has 1 fully saturated rings. The van der Waals surface area contributed by atoms with Gasteiger partial charge in [-0.2, -0.15) is 0 Å². The van der Waals surface area contributed by atoms with Crippen LogP contribution in [0.15, 0.2) is 24.4 Å². The Labute approximate surface area is 125 Å². The molecule has 21 heavy (non-hydrogen) atoms. The van der Waals surface area contributed by atoms with Crippen molar-refractivity contribution in [1.29, 1.82) is 0 Å².